The number of benzene rings is 1. The standard InChI is InChI=1S/C24H23N/c1-2-4-18(3-1)23-10-8-22-16-21(7-9-24(22)23)20-6-5-19(15-20)17-11-13-25-14-12-17/h5,7-16,18,23H,1-4,6H2. The molecule has 2 aromatic rings. The van der Waals surface area contributed by atoms with Crippen molar-refractivity contribution in [2.24, 2.45) is 5.92 Å². The normalized spacial score (nSPS) is 22.2. The second kappa shape index (κ2) is 6.15. The number of hydrogen-bond donors (Lipinski definition) is 0. The SMILES string of the molecule is C1=CC(C2CCCC2)c2ccc(C3=CC(c4ccncc4)=CC3)cc21. The average Bonchev–Trinajstić information content (AvgIpc) is 3.41. The van der Waals surface area contributed by atoms with E-state index in [-0.39, 0.29) is 0 Å². The van der Waals surface area contributed by atoms with E-state index in [0.29, 0.717) is 5.92 Å². The Hall–Kier alpha value is -2.41. The minimum atomic E-state index is 0.662. The van der Waals surface area contributed by atoms with Gasteiger partial charge in [0.15, 0.2) is 0 Å². The topological polar surface area (TPSA) is 12.9 Å². The van der Waals surface area contributed by atoms with Crippen LogP contribution in [0.4, 0.5) is 0 Å². The van der Waals surface area contributed by atoms with E-state index in [2.05, 4.69) is 59.6 Å². The summed E-state index contributed by atoms with van der Waals surface area (Å²) >= 11 is 0. The van der Waals surface area contributed by atoms with Crippen molar-refractivity contribution < 1.29 is 0 Å². The summed E-state index contributed by atoms with van der Waals surface area (Å²) < 4.78 is 0. The Kier molecular flexibility index (Phi) is 3.66. The third-order valence-corrected chi connectivity index (χ3v) is 6.09. The molecule has 0 spiro atoms. The fraction of sp³-hybridized carbons (Fsp3) is 0.292. The molecular formula is C24H23N. The van der Waals surface area contributed by atoms with Crippen molar-refractivity contribution in [3.8, 4) is 0 Å². The minimum absolute atomic E-state index is 0.662. The first-order valence-corrected chi connectivity index (χ1v) is 9.52. The Morgan fingerprint density at radius 3 is 2.60 bits per heavy atom. The summed E-state index contributed by atoms with van der Waals surface area (Å²) in [5, 5.41) is 0. The first-order valence-electron chi connectivity index (χ1n) is 9.52. The lowest BCUT2D eigenvalue weighted by atomic mass is 9.86. The molecule has 0 bridgehead atoms. The highest BCUT2D eigenvalue weighted by Gasteiger charge is 2.28. The van der Waals surface area contributed by atoms with Gasteiger partial charge in [0.1, 0.15) is 0 Å². The third kappa shape index (κ3) is 2.68. The zero-order chi connectivity index (χ0) is 16.6. The molecule has 0 aliphatic heterocycles. The van der Waals surface area contributed by atoms with Crippen LogP contribution in [0.5, 0.6) is 0 Å². The predicted molar refractivity (Wildman–Crippen MR) is 105 cm³/mol. The van der Waals surface area contributed by atoms with Crippen LogP contribution in [0.2, 0.25) is 0 Å². The second-order valence-corrected chi connectivity index (χ2v) is 7.54. The van der Waals surface area contributed by atoms with Gasteiger partial charge >= 0.3 is 0 Å². The molecule has 1 heteroatoms. The summed E-state index contributed by atoms with van der Waals surface area (Å²) in [4.78, 5) is 4.12. The molecule has 1 nitrogen and oxygen atoms in total. The maximum absolute atomic E-state index is 4.12. The van der Waals surface area contributed by atoms with Crippen LogP contribution in [0.25, 0.3) is 17.2 Å². The number of allylic oxidation sites excluding steroid dienone is 5. The predicted octanol–water partition coefficient (Wildman–Crippen LogP) is 6.25. The van der Waals surface area contributed by atoms with Gasteiger partial charge in [-0.1, -0.05) is 49.3 Å². The minimum Gasteiger partial charge on any atom is -0.265 e. The van der Waals surface area contributed by atoms with Crippen LogP contribution in [0.3, 0.4) is 0 Å². The molecule has 1 heterocycles. The van der Waals surface area contributed by atoms with Crippen LogP contribution < -0.4 is 0 Å². The van der Waals surface area contributed by atoms with Crippen molar-refractivity contribution in [1.82, 2.24) is 4.98 Å². The summed E-state index contributed by atoms with van der Waals surface area (Å²) in [7, 11) is 0. The Balaban J connectivity index is 1.41. The van der Waals surface area contributed by atoms with E-state index in [1.165, 1.54) is 53.5 Å². The lowest BCUT2D eigenvalue weighted by molar-refractivity contribution is 0.498. The van der Waals surface area contributed by atoms with E-state index in [1.54, 1.807) is 5.56 Å². The summed E-state index contributed by atoms with van der Waals surface area (Å²) in [5.74, 6) is 1.53. The van der Waals surface area contributed by atoms with Crippen LogP contribution in [0, 0.1) is 5.92 Å². The van der Waals surface area contributed by atoms with Crippen molar-refractivity contribution in [2.45, 2.75) is 38.0 Å². The zero-order valence-electron chi connectivity index (χ0n) is 14.5. The third-order valence-electron chi connectivity index (χ3n) is 6.09. The molecule has 3 aliphatic carbocycles. The summed E-state index contributed by atoms with van der Waals surface area (Å²) in [6, 6.07) is 11.3. The quantitative estimate of drug-likeness (QED) is 0.649. The molecule has 1 unspecified atom stereocenters. The molecule has 1 saturated carbocycles. The molecule has 124 valence electrons. The molecule has 0 radical (unpaired) electrons. The largest absolute Gasteiger partial charge is 0.265 e. The van der Waals surface area contributed by atoms with Gasteiger partial charge in [0.2, 0.25) is 0 Å². The summed E-state index contributed by atoms with van der Waals surface area (Å²) in [6.07, 6.45) is 19.9. The van der Waals surface area contributed by atoms with Gasteiger partial charge in [-0.15, -0.1) is 0 Å². The van der Waals surface area contributed by atoms with E-state index >= 15 is 0 Å². The van der Waals surface area contributed by atoms with Crippen LogP contribution >= 0.6 is 0 Å². The van der Waals surface area contributed by atoms with Crippen molar-refractivity contribution >= 4 is 17.2 Å². The Bertz CT molecular complexity index is 880. The maximum atomic E-state index is 4.12. The Morgan fingerprint density at radius 2 is 1.76 bits per heavy atom. The average molecular weight is 325 g/mol. The first-order chi connectivity index (χ1) is 12.4. The maximum Gasteiger partial charge on any atom is 0.0273 e. The van der Waals surface area contributed by atoms with E-state index in [1.807, 2.05) is 12.4 Å². The molecule has 1 fully saturated rings. The van der Waals surface area contributed by atoms with E-state index in [4.69, 9.17) is 0 Å². The van der Waals surface area contributed by atoms with E-state index in [9.17, 15) is 0 Å². The zero-order valence-corrected chi connectivity index (χ0v) is 14.5. The van der Waals surface area contributed by atoms with Gasteiger partial charge in [-0.05, 0) is 76.8 Å². The highest BCUT2D eigenvalue weighted by molar-refractivity contribution is 5.89. The first kappa shape index (κ1) is 14.9. The van der Waals surface area contributed by atoms with Crippen molar-refractivity contribution in [3.05, 3.63) is 83.2 Å². The van der Waals surface area contributed by atoms with Crippen LogP contribution in [0.15, 0.2) is 61.0 Å². The van der Waals surface area contributed by atoms with Gasteiger partial charge in [-0.3, -0.25) is 4.98 Å². The number of rotatable bonds is 3. The lowest BCUT2D eigenvalue weighted by Gasteiger charge is -2.18. The smallest absolute Gasteiger partial charge is 0.0273 e. The highest BCUT2D eigenvalue weighted by atomic mass is 14.6. The number of pyridine rings is 1. The van der Waals surface area contributed by atoms with Crippen LogP contribution in [0.1, 0.15) is 60.3 Å². The molecule has 1 atom stereocenters. The fourth-order valence-corrected chi connectivity index (χ4v) is 4.73. The molecule has 0 N–H and O–H groups in total. The summed E-state index contributed by atoms with van der Waals surface area (Å²) in [5.41, 5.74) is 8.36. The molecular weight excluding hydrogens is 302 g/mol. The van der Waals surface area contributed by atoms with Gasteiger partial charge in [-0.2, -0.15) is 0 Å². The molecule has 0 saturated heterocycles. The van der Waals surface area contributed by atoms with Gasteiger partial charge in [-0.25, -0.2) is 0 Å². The Morgan fingerprint density at radius 1 is 0.920 bits per heavy atom. The molecule has 1 aromatic heterocycles. The van der Waals surface area contributed by atoms with E-state index in [0.717, 1.165) is 12.3 Å². The van der Waals surface area contributed by atoms with Crippen molar-refractivity contribution in [2.75, 3.05) is 0 Å². The second-order valence-electron chi connectivity index (χ2n) is 7.54. The molecule has 1 aromatic carbocycles. The molecule has 25 heavy (non-hydrogen) atoms. The molecule has 5 rings (SSSR count). The van der Waals surface area contributed by atoms with Crippen molar-refractivity contribution in [1.29, 1.82) is 0 Å². The van der Waals surface area contributed by atoms with Crippen LogP contribution in [-0.4, -0.2) is 4.98 Å². The fourth-order valence-electron chi connectivity index (χ4n) is 4.73. The monoisotopic (exact) mass is 325 g/mol. The molecule has 0 amide bonds. The number of hydrogen-bond acceptors (Lipinski definition) is 1. The summed E-state index contributed by atoms with van der Waals surface area (Å²) in [6.45, 7) is 0. The van der Waals surface area contributed by atoms with Crippen molar-refractivity contribution in [3.63, 3.8) is 0 Å². The number of nitrogens with zero attached hydrogens (tertiary/aromatic N) is 1. The van der Waals surface area contributed by atoms with Gasteiger partial charge in [0.25, 0.3) is 0 Å². The lowest BCUT2D eigenvalue weighted by Crippen LogP contribution is -2.05. The van der Waals surface area contributed by atoms with Gasteiger partial charge in [0.05, 0.1) is 0 Å². The van der Waals surface area contributed by atoms with Crippen LogP contribution in [-0.2, 0) is 0 Å². The van der Waals surface area contributed by atoms with Gasteiger partial charge < -0.3 is 0 Å². The number of aromatic nitrogens is 1. The van der Waals surface area contributed by atoms with Gasteiger partial charge in [0, 0.05) is 18.3 Å². The molecule has 3 aliphatic rings. The highest BCUT2D eigenvalue weighted by Crippen LogP contribution is 2.44. The Labute approximate surface area is 149 Å². The number of fused-ring (bicyclic) bond motifs is 1. The van der Waals surface area contributed by atoms with E-state index < -0.39 is 0 Å².